The second-order valence-electron chi connectivity index (χ2n) is 9.30. The Hall–Kier alpha value is -0.0800. The van der Waals surface area contributed by atoms with Gasteiger partial charge < -0.3 is 10.2 Å². The molecule has 0 spiro atoms. The lowest BCUT2D eigenvalue weighted by Crippen LogP contribution is -2.45. The molecular weight excluding hydrogens is 256 g/mol. The predicted octanol–water partition coefficient (Wildman–Crippen LogP) is 4.06. The van der Waals surface area contributed by atoms with Crippen molar-refractivity contribution in [1.29, 1.82) is 0 Å². The summed E-state index contributed by atoms with van der Waals surface area (Å²) >= 11 is 0. The molecule has 1 N–H and O–H groups in total. The van der Waals surface area contributed by atoms with Gasteiger partial charge in [-0.1, -0.05) is 40.0 Å². The van der Waals surface area contributed by atoms with E-state index in [2.05, 4.69) is 31.0 Å². The van der Waals surface area contributed by atoms with Gasteiger partial charge in [-0.2, -0.15) is 0 Å². The Balaban J connectivity index is 1.56. The highest BCUT2D eigenvalue weighted by atomic mass is 15.2. The minimum Gasteiger partial charge on any atom is -0.313 e. The van der Waals surface area contributed by atoms with Crippen molar-refractivity contribution >= 4 is 0 Å². The third-order valence-electron chi connectivity index (χ3n) is 6.31. The van der Waals surface area contributed by atoms with Crippen LogP contribution >= 0.6 is 0 Å². The van der Waals surface area contributed by atoms with E-state index in [4.69, 9.17) is 0 Å². The van der Waals surface area contributed by atoms with Gasteiger partial charge in [0.2, 0.25) is 0 Å². The minimum atomic E-state index is 0.487. The van der Waals surface area contributed by atoms with Crippen molar-refractivity contribution < 1.29 is 0 Å². The van der Waals surface area contributed by atoms with Crippen LogP contribution in [0.2, 0.25) is 0 Å². The van der Waals surface area contributed by atoms with Crippen LogP contribution in [0.15, 0.2) is 0 Å². The van der Waals surface area contributed by atoms with Gasteiger partial charge in [0.05, 0.1) is 0 Å². The first-order valence-corrected chi connectivity index (χ1v) is 9.43. The van der Waals surface area contributed by atoms with E-state index in [1.807, 2.05) is 0 Å². The zero-order valence-electron chi connectivity index (χ0n) is 14.6. The van der Waals surface area contributed by atoms with Crippen molar-refractivity contribution in [2.45, 2.75) is 78.2 Å². The Morgan fingerprint density at radius 1 is 1.05 bits per heavy atom. The summed E-state index contributed by atoms with van der Waals surface area (Å²) in [6.07, 6.45) is 11.6. The van der Waals surface area contributed by atoms with E-state index in [1.54, 1.807) is 0 Å². The van der Waals surface area contributed by atoms with Crippen LogP contribution in [0, 0.1) is 16.7 Å². The van der Waals surface area contributed by atoms with E-state index < -0.39 is 0 Å². The molecule has 3 aliphatic rings. The molecule has 2 nitrogen and oxygen atoms in total. The summed E-state index contributed by atoms with van der Waals surface area (Å²) in [7, 11) is 0. The van der Waals surface area contributed by atoms with Crippen LogP contribution < -0.4 is 5.32 Å². The Labute approximate surface area is 132 Å². The second-order valence-corrected chi connectivity index (χ2v) is 9.30. The summed E-state index contributed by atoms with van der Waals surface area (Å²) in [6, 6.07) is 0.865. The predicted molar refractivity (Wildman–Crippen MR) is 90.5 cm³/mol. The van der Waals surface area contributed by atoms with Gasteiger partial charge >= 0.3 is 0 Å². The maximum atomic E-state index is 3.86. The largest absolute Gasteiger partial charge is 0.313 e. The van der Waals surface area contributed by atoms with Crippen LogP contribution in [0.3, 0.4) is 0 Å². The van der Waals surface area contributed by atoms with Crippen molar-refractivity contribution in [1.82, 2.24) is 10.2 Å². The Morgan fingerprint density at radius 2 is 1.76 bits per heavy atom. The van der Waals surface area contributed by atoms with Crippen molar-refractivity contribution in [3.8, 4) is 0 Å². The van der Waals surface area contributed by atoms with Crippen LogP contribution in [0.1, 0.15) is 72.1 Å². The third kappa shape index (κ3) is 4.22. The van der Waals surface area contributed by atoms with Crippen molar-refractivity contribution in [3.63, 3.8) is 0 Å². The lowest BCUT2D eigenvalue weighted by Gasteiger charge is -2.41. The molecule has 3 rings (SSSR count). The standard InChI is InChI=1S/C19H36N2/c1-18(2,3)16-9-12-21(13-16)15-19(10-5-4-6-11-19)14-20-17-7-8-17/h16-17,20H,4-15H2,1-3H3. The molecule has 0 radical (unpaired) electrons. The fourth-order valence-corrected chi connectivity index (χ4v) is 4.50. The van der Waals surface area contributed by atoms with Gasteiger partial charge in [0.25, 0.3) is 0 Å². The lowest BCUT2D eigenvalue weighted by molar-refractivity contribution is 0.108. The molecular formula is C19H36N2. The van der Waals surface area contributed by atoms with Crippen LogP contribution in [0.4, 0.5) is 0 Å². The Bertz CT molecular complexity index is 334. The molecule has 1 atom stereocenters. The molecule has 1 unspecified atom stereocenters. The highest BCUT2D eigenvalue weighted by Gasteiger charge is 2.39. The maximum Gasteiger partial charge on any atom is 0.00684 e. The number of nitrogens with zero attached hydrogens (tertiary/aromatic N) is 1. The first-order chi connectivity index (χ1) is 9.97. The molecule has 2 aliphatic carbocycles. The quantitative estimate of drug-likeness (QED) is 0.822. The third-order valence-corrected chi connectivity index (χ3v) is 6.31. The van der Waals surface area contributed by atoms with E-state index in [9.17, 15) is 0 Å². The highest BCUT2D eigenvalue weighted by molar-refractivity contribution is 4.94. The van der Waals surface area contributed by atoms with Crippen LogP contribution in [0.25, 0.3) is 0 Å². The van der Waals surface area contributed by atoms with E-state index in [0.717, 1.165) is 12.0 Å². The fourth-order valence-electron chi connectivity index (χ4n) is 4.50. The molecule has 3 fully saturated rings. The van der Waals surface area contributed by atoms with Gasteiger partial charge in [0.1, 0.15) is 0 Å². The molecule has 1 aliphatic heterocycles. The van der Waals surface area contributed by atoms with Gasteiger partial charge in [-0.15, -0.1) is 0 Å². The number of likely N-dealkylation sites (tertiary alicyclic amines) is 1. The Kier molecular flexibility index (Phi) is 4.66. The highest BCUT2D eigenvalue weighted by Crippen LogP contribution is 2.40. The van der Waals surface area contributed by atoms with Crippen LogP contribution in [0.5, 0.6) is 0 Å². The topological polar surface area (TPSA) is 15.3 Å². The van der Waals surface area contributed by atoms with E-state index in [0.29, 0.717) is 10.8 Å². The van der Waals surface area contributed by atoms with Crippen LogP contribution in [-0.2, 0) is 0 Å². The molecule has 1 saturated heterocycles. The lowest BCUT2D eigenvalue weighted by atomic mass is 9.73. The zero-order valence-corrected chi connectivity index (χ0v) is 14.6. The summed E-state index contributed by atoms with van der Waals surface area (Å²) in [5.41, 5.74) is 1.08. The molecule has 0 aromatic carbocycles. The molecule has 21 heavy (non-hydrogen) atoms. The summed E-state index contributed by atoms with van der Waals surface area (Å²) in [5.74, 6) is 0.898. The molecule has 1 heterocycles. The second kappa shape index (κ2) is 6.20. The normalized spacial score (nSPS) is 30.7. The molecule has 2 heteroatoms. The van der Waals surface area contributed by atoms with E-state index in [-0.39, 0.29) is 0 Å². The van der Waals surface area contributed by atoms with Crippen molar-refractivity contribution in [2.75, 3.05) is 26.2 Å². The van der Waals surface area contributed by atoms with Gasteiger partial charge in [-0.05, 0) is 55.4 Å². The van der Waals surface area contributed by atoms with Gasteiger partial charge in [-0.25, -0.2) is 0 Å². The molecule has 122 valence electrons. The maximum absolute atomic E-state index is 3.86. The van der Waals surface area contributed by atoms with Gasteiger partial charge in [-0.3, -0.25) is 0 Å². The van der Waals surface area contributed by atoms with Gasteiger partial charge in [0, 0.05) is 25.7 Å². The van der Waals surface area contributed by atoms with E-state index >= 15 is 0 Å². The summed E-state index contributed by atoms with van der Waals surface area (Å²) in [5, 5.41) is 3.86. The average Bonchev–Trinajstić information content (AvgIpc) is 3.15. The first-order valence-electron chi connectivity index (χ1n) is 9.43. The Morgan fingerprint density at radius 3 is 2.33 bits per heavy atom. The number of nitrogens with one attached hydrogen (secondary N) is 1. The van der Waals surface area contributed by atoms with Crippen molar-refractivity contribution in [2.24, 2.45) is 16.7 Å². The SMILES string of the molecule is CC(C)(C)C1CCN(CC2(CNC3CC3)CCCCC2)C1. The molecule has 0 aromatic heterocycles. The number of rotatable bonds is 5. The summed E-state index contributed by atoms with van der Waals surface area (Å²) < 4.78 is 0. The smallest absolute Gasteiger partial charge is 0.00684 e. The monoisotopic (exact) mass is 292 g/mol. The first kappa shape index (κ1) is 15.8. The van der Waals surface area contributed by atoms with Crippen molar-refractivity contribution in [3.05, 3.63) is 0 Å². The number of hydrogen-bond acceptors (Lipinski definition) is 2. The molecule has 0 aromatic rings. The minimum absolute atomic E-state index is 0.487. The summed E-state index contributed by atoms with van der Waals surface area (Å²) in [6.45, 7) is 12.6. The number of hydrogen-bond donors (Lipinski definition) is 1. The average molecular weight is 293 g/mol. The van der Waals surface area contributed by atoms with Gasteiger partial charge in [0.15, 0.2) is 0 Å². The molecule has 0 bridgehead atoms. The fraction of sp³-hybridized carbons (Fsp3) is 1.00. The molecule has 0 amide bonds. The summed E-state index contributed by atoms with van der Waals surface area (Å²) in [4.78, 5) is 2.80. The zero-order chi connectivity index (χ0) is 14.9. The van der Waals surface area contributed by atoms with Crippen LogP contribution in [-0.4, -0.2) is 37.1 Å². The molecule has 2 saturated carbocycles. The van der Waals surface area contributed by atoms with E-state index in [1.165, 1.54) is 77.5 Å².